The summed E-state index contributed by atoms with van der Waals surface area (Å²) in [5.74, 6) is 0.630. The van der Waals surface area contributed by atoms with Crippen LogP contribution in [0.3, 0.4) is 0 Å². The van der Waals surface area contributed by atoms with Gasteiger partial charge >= 0.3 is 0 Å². The number of rotatable bonds is 3. The van der Waals surface area contributed by atoms with E-state index in [1.165, 1.54) is 25.7 Å². The highest BCUT2D eigenvalue weighted by atomic mass is 15.4. The van der Waals surface area contributed by atoms with E-state index in [9.17, 15) is 0 Å². The number of aryl methyl sites for hydroxylation is 2. The molecule has 104 valence electrons. The average Bonchev–Trinajstić information content (AvgIpc) is 3.00. The van der Waals surface area contributed by atoms with Crippen molar-refractivity contribution in [3.63, 3.8) is 0 Å². The van der Waals surface area contributed by atoms with Gasteiger partial charge in [0.2, 0.25) is 5.95 Å². The molecule has 3 rings (SSSR count). The minimum atomic E-state index is 0.360. The topological polar surface area (TPSA) is 61.7 Å². The predicted molar refractivity (Wildman–Crippen MR) is 76.9 cm³/mol. The number of aromatic nitrogens is 4. The zero-order chi connectivity index (χ0) is 13.6. The van der Waals surface area contributed by atoms with E-state index in [2.05, 4.69) is 28.5 Å². The Kier molecular flexibility index (Phi) is 2.80. The van der Waals surface area contributed by atoms with Crippen LogP contribution in [-0.2, 0) is 13.1 Å². The SMILES string of the molecule is CCn1nc(C)c2nc(N)n(CC3(C)CCCC3)c21. The molecule has 0 aliphatic heterocycles. The Bertz CT molecular complexity index is 601. The molecule has 0 atom stereocenters. The van der Waals surface area contributed by atoms with Gasteiger partial charge in [-0.05, 0) is 32.1 Å². The van der Waals surface area contributed by atoms with Gasteiger partial charge in [-0.25, -0.2) is 9.67 Å². The molecular formula is C14H23N5. The first-order valence-corrected chi connectivity index (χ1v) is 7.23. The number of nitrogens with zero attached hydrogens (tertiary/aromatic N) is 4. The van der Waals surface area contributed by atoms with Crippen molar-refractivity contribution in [1.29, 1.82) is 0 Å². The summed E-state index contributed by atoms with van der Waals surface area (Å²) < 4.78 is 4.19. The molecule has 19 heavy (non-hydrogen) atoms. The normalized spacial score (nSPS) is 18.5. The molecule has 5 nitrogen and oxygen atoms in total. The van der Waals surface area contributed by atoms with Crippen LogP contribution in [0.1, 0.15) is 45.2 Å². The van der Waals surface area contributed by atoms with Crippen molar-refractivity contribution in [2.24, 2.45) is 5.41 Å². The molecule has 5 heteroatoms. The molecule has 0 bridgehead atoms. The second kappa shape index (κ2) is 4.25. The van der Waals surface area contributed by atoms with E-state index < -0.39 is 0 Å². The maximum atomic E-state index is 6.14. The third kappa shape index (κ3) is 1.91. The van der Waals surface area contributed by atoms with Crippen molar-refractivity contribution >= 4 is 17.1 Å². The van der Waals surface area contributed by atoms with Gasteiger partial charge in [0.15, 0.2) is 5.65 Å². The fourth-order valence-electron chi connectivity index (χ4n) is 3.39. The zero-order valence-corrected chi connectivity index (χ0v) is 12.1. The third-order valence-corrected chi connectivity index (χ3v) is 4.48. The summed E-state index contributed by atoms with van der Waals surface area (Å²) in [6.07, 6.45) is 5.23. The largest absolute Gasteiger partial charge is 0.369 e. The van der Waals surface area contributed by atoms with Gasteiger partial charge in [-0.2, -0.15) is 5.10 Å². The van der Waals surface area contributed by atoms with E-state index >= 15 is 0 Å². The first-order chi connectivity index (χ1) is 9.04. The number of hydrogen-bond acceptors (Lipinski definition) is 3. The van der Waals surface area contributed by atoms with Crippen LogP contribution in [0.2, 0.25) is 0 Å². The van der Waals surface area contributed by atoms with Crippen molar-refractivity contribution in [1.82, 2.24) is 19.3 Å². The van der Waals surface area contributed by atoms with Crippen LogP contribution in [0.4, 0.5) is 5.95 Å². The number of hydrogen-bond donors (Lipinski definition) is 1. The molecule has 0 unspecified atom stereocenters. The molecule has 2 aromatic heterocycles. The summed E-state index contributed by atoms with van der Waals surface area (Å²) >= 11 is 0. The summed E-state index contributed by atoms with van der Waals surface area (Å²) in [5, 5.41) is 4.55. The van der Waals surface area contributed by atoms with Crippen LogP contribution < -0.4 is 5.73 Å². The van der Waals surface area contributed by atoms with Gasteiger partial charge in [0.25, 0.3) is 0 Å². The molecule has 0 radical (unpaired) electrons. The zero-order valence-electron chi connectivity index (χ0n) is 12.1. The highest BCUT2D eigenvalue weighted by Gasteiger charge is 2.31. The van der Waals surface area contributed by atoms with Crippen LogP contribution >= 0.6 is 0 Å². The third-order valence-electron chi connectivity index (χ3n) is 4.48. The summed E-state index contributed by atoms with van der Waals surface area (Å²) in [6, 6.07) is 0. The van der Waals surface area contributed by atoms with Gasteiger partial charge < -0.3 is 5.73 Å². The maximum absolute atomic E-state index is 6.14. The second-order valence-corrected chi connectivity index (χ2v) is 6.15. The standard InChI is InChI=1S/C14H23N5/c1-4-19-12-11(10(2)17-19)16-13(15)18(12)9-14(3)7-5-6-8-14/h4-9H2,1-3H3,(H2,15,16). The number of nitrogens with two attached hydrogens (primary N) is 1. The minimum Gasteiger partial charge on any atom is -0.369 e. The molecular weight excluding hydrogens is 238 g/mol. The fraction of sp³-hybridized carbons (Fsp3) is 0.714. The Morgan fingerprint density at radius 1 is 1.32 bits per heavy atom. The van der Waals surface area contributed by atoms with Gasteiger partial charge in [-0.15, -0.1) is 0 Å². The van der Waals surface area contributed by atoms with Gasteiger partial charge in [-0.3, -0.25) is 4.57 Å². The predicted octanol–water partition coefficient (Wildman–Crippen LogP) is 2.72. The number of imidazole rings is 1. The molecule has 2 aromatic rings. The first kappa shape index (κ1) is 12.5. The Balaban J connectivity index is 2.09. The summed E-state index contributed by atoms with van der Waals surface area (Å²) in [6.45, 7) is 8.29. The van der Waals surface area contributed by atoms with Gasteiger partial charge in [-0.1, -0.05) is 19.8 Å². The van der Waals surface area contributed by atoms with Gasteiger partial charge in [0, 0.05) is 13.1 Å². The lowest BCUT2D eigenvalue weighted by Gasteiger charge is -2.24. The number of fused-ring (bicyclic) bond motifs is 1. The molecule has 2 N–H and O–H groups in total. The van der Waals surface area contributed by atoms with E-state index in [4.69, 9.17) is 5.73 Å². The van der Waals surface area contributed by atoms with E-state index in [1.807, 2.05) is 11.6 Å². The molecule has 0 spiro atoms. The average molecular weight is 261 g/mol. The van der Waals surface area contributed by atoms with Crippen LogP contribution in [0, 0.1) is 12.3 Å². The quantitative estimate of drug-likeness (QED) is 0.924. The highest BCUT2D eigenvalue weighted by Crippen LogP contribution is 2.40. The monoisotopic (exact) mass is 261 g/mol. The van der Waals surface area contributed by atoms with E-state index in [1.54, 1.807) is 0 Å². The molecule has 1 aliphatic rings. The molecule has 0 saturated heterocycles. The lowest BCUT2D eigenvalue weighted by molar-refractivity contribution is 0.285. The second-order valence-electron chi connectivity index (χ2n) is 6.15. The molecule has 0 amide bonds. The van der Waals surface area contributed by atoms with Gasteiger partial charge in [0.1, 0.15) is 5.52 Å². The van der Waals surface area contributed by atoms with E-state index in [0.717, 1.165) is 29.9 Å². The lowest BCUT2D eigenvalue weighted by atomic mass is 9.89. The summed E-state index contributed by atoms with van der Waals surface area (Å²) in [7, 11) is 0. The van der Waals surface area contributed by atoms with Crippen LogP contribution in [-0.4, -0.2) is 19.3 Å². The van der Waals surface area contributed by atoms with Crippen molar-refractivity contribution in [3.05, 3.63) is 5.69 Å². The van der Waals surface area contributed by atoms with Gasteiger partial charge in [0.05, 0.1) is 5.69 Å². The molecule has 2 heterocycles. The Morgan fingerprint density at radius 3 is 2.63 bits per heavy atom. The Hall–Kier alpha value is -1.52. The minimum absolute atomic E-state index is 0.360. The maximum Gasteiger partial charge on any atom is 0.202 e. The Morgan fingerprint density at radius 2 is 2.00 bits per heavy atom. The number of anilines is 1. The van der Waals surface area contributed by atoms with Crippen LogP contribution in [0.25, 0.3) is 11.2 Å². The lowest BCUT2D eigenvalue weighted by Crippen LogP contribution is -2.21. The van der Waals surface area contributed by atoms with Crippen LogP contribution in [0.5, 0.6) is 0 Å². The van der Waals surface area contributed by atoms with E-state index in [-0.39, 0.29) is 0 Å². The smallest absolute Gasteiger partial charge is 0.202 e. The van der Waals surface area contributed by atoms with Crippen molar-refractivity contribution in [2.45, 2.75) is 59.5 Å². The summed E-state index contributed by atoms with van der Waals surface area (Å²) in [4.78, 5) is 4.51. The Labute approximate surface area is 113 Å². The molecule has 0 aromatic carbocycles. The van der Waals surface area contributed by atoms with Crippen LogP contribution in [0.15, 0.2) is 0 Å². The molecule has 1 saturated carbocycles. The number of nitrogen functional groups attached to an aromatic ring is 1. The molecule has 1 fully saturated rings. The van der Waals surface area contributed by atoms with Crippen molar-refractivity contribution in [2.75, 3.05) is 5.73 Å². The molecule has 1 aliphatic carbocycles. The van der Waals surface area contributed by atoms with Crippen molar-refractivity contribution < 1.29 is 0 Å². The first-order valence-electron chi connectivity index (χ1n) is 7.23. The van der Waals surface area contributed by atoms with E-state index in [0.29, 0.717) is 11.4 Å². The summed E-state index contributed by atoms with van der Waals surface area (Å²) in [5.41, 5.74) is 9.52. The van der Waals surface area contributed by atoms with Crippen molar-refractivity contribution in [3.8, 4) is 0 Å². The fourth-order valence-corrected chi connectivity index (χ4v) is 3.39. The highest BCUT2D eigenvalue weighted by molar-refractivity contribution is 5.77.